The fourth-order valence-corrected chi connectivity index (χ4v) is 3.76. The lowest BCUT2D eigenvalue weighted by Crippen LogP contribution is -2.36. The number of nitro groups is 1. The Kier molecular flexibility index (Phi) is 7.54. The zero-order valence-corrected chi connectivity index (χ0v) is 18.8. The van der Waals surface area contributed by atoms with E-state index in [1.54, 1.807) is 40.8 Å². The van der Waals surface area contributed by atoms with E-state index in [0.717, 1.165) is 17.3 Å². The second kappa shape index (κ2) is 10.3. The number of benzene rings is 2. The standard InChI is InChI=1S/C21H23FN6O3S/c1-25(2)10-11-27(13-15-4-7-17(22)8-5-15)20(29)16-6-9-19(18(12-16)28(30)31)32-21-24-23-14-26(21)3/h4-9,12,14H,10-11,13H2,1-3H3. The smallest absolute Gasteiger partial charge is 0.284 e. The number of likely N-dealkylation sites (N-methyl/N-ethyl adjacent to an activating group) is 1. The van der Waals surface area contributed by atoms with Gasteiger partial charge in [0.05, 0.1) is 9.82 Å². The lowest BCUT2D eigenvalue weighted by atomic mass is 10.1. The zero-order chi connectivity index (χ0) is 23.3. The van der Waals surface area contributed by atoms with Crippen molar-refractivity contribution in [2.24, 2.45) is 7.05 Å². The molecular weight excluding hydrogens is 435 g/mol. The van der Waals surface area contributed by atoms with Crippen LogP contribution in [-0.4, -0.2) is 62.6 Å². The van der Waals surface area contributed by atoms with Crippen LogP contribution in [-0.2, 0) is 13.6 Å². The highest BCUT2D eigenvalue weighted by Crippen LogP contribution is 2.34. The molecule has 0 bridgehead atoms. The number of carbonyl (C=O) groups excluding carboxylic acids is 1. The first-order valence-electron chi connectivity index (χ1n) is 9.73. The van der Waals surface area contributed by atoms with Crippen molar-refractivity contribution in [1.29, 1.82) is 0 Å². The van der Waals surface area contributed by atoms with E-state index >= 15 is 0 Å². The number of carbonyl (C=O) groups is 1. The normalized spacial score (nSPS) is 11.0. The SMILES string of the molecule is CN(C)CCN(Cc1ccc(F)cc1)C(=O)c1ccc(Sc2nncn2C)c([N+](=O)[O-])c1. The van der Waals surface area contributed by atoms with Gasteiger partial charge in [0.15, 0.2) is 5.16 Å². The van der Waals surface area contributed by atoms with Crippen LogP contribution >= 0.6 is 11.8 Å². The Bertz CT molecular complexity index is 1100. The van der Waals surface area contributed by atoms with Gasteiger partial charge < -0.3 is 14.4 Å². The summed E-state index contributed by atoms with van der Waals surface area (Å²) in [4.78, 5) is 28.3. The van der Waals surface area contributed by atoms with Crippen molar-refractivity contribution in [2.45, 2.75) is 16.6 Å². The number of nitrogens with zero attached hydrogens (tertiary/aromatic N) is 6. The molecule has 3 aromatic rings. The number of hydrogen-bond acceptors (Lipinski definition) is 7. The van der Waals surface area contributed by atoms with Crippen molar-refractivity contribution in [2.75, 3.05) is 27.2 Å². The van der Waals surface area contributed by atoms with E-state index in [1.807, 2.05) is 19.0 Å². The average Bonchev–Trinajstić information content (AvgIpc) is 3.16. The van der Waals surface area contributed by atoms with Crippen LogP contribution in [0, 0.1) is 15.9 Å². The lowest BCUT2D eigenvalue weighted by molar-refractivity contribution is -0.387. The Hall–Kier alpha value is -3.31. The van der Waals surface area contributed by atoms with Gasteiger partial charge in [0, 0.05) is 38.3 Å². The summed E-state index contributed by atoms with van der Waals surface area (Å²) < 4.78 is 14.9. The van der Waals surface area contributed by atoms with E-state index in [-0.39, 0.29) is 29.5 Å². The summed E-state index contributed by atoms with van der Waals surface area (Å²) in [6, 6.07) is 10.3. The van der Waals surface area contributed by atoms with Crippen molar-refractivity contribution >= 4 is 23.4 Å². The maximum atomic E-state index is 13.3. The van der Waals surface area contributed by atoms with Crippen LogP contribution in [0.25, 0.3) is 0 Å². The fourth-order valence-electron chi connectivity index (χ4n) is 2.91. The molecule has 0 aliphatic carbocycles. The molecule has 9 nitrogen and oxygen atoms in total. The quantitative estimate of drug-likeness (QED) is 0.359. The first-order valence-corrected chi connectivity index (χ1v) is 10.5. The Morgan fingerprint density at radius 3 is 2.50 bits per heavy atom. The summed E-state index contributed by atoms with van der Waals surface area (Å²) in [5.74, 6) is -0.693. The zero-order valence-electron chi connectivity index (χ0n) is 17.9. The maximum Gasteiger partial charge on any atom is 0.284 e. The van der Waals surface area contributed by atoms with Crippen molar-refractivity contribution in [3.8, 4) is 0 Å². The monoisotopic (exact) mass is 458 g/mol. The third-order valence-corrected chi connectivity index (χ3v) is 5.78. The molecule has 32 heavy (non-hydrogen) atoms. The maximum absolute atomic E-state index is 13.3. The van der Waals surface area contributed by atoms with E-state index < -0.39 is 4.92 Å². The number of hydrogen-bond donors (Lipinski definition) is 0. The van der Waals surface area contributed by atoms with E-state index in [2.05, 4.69) is 10.2 Å². The molecule has 0 spiro atoms. The molecule has 0 radical (unpaired) electrons. The second-order valence-electron chi connectivity index (χ2n) is 7.42. The molecule has 168 valence electrons. The number of amides is 1. The largest absolute Gasteiger partial charge is 0.333 e. The molecule has 11 heteroatoms. The lowest BCUT2D eigenvalue weighted by Gasteiger charge is -2.25. The Labute approximate surface area is 189 Å². The van der Waals surface area contributed by atoms with Gasteiger partial charge in [-0.25, -0.2) is 4.39 Å². The molecule has 1 heterocycles. The van der Waals surface area contributed by atoms with Crippen molar-refractivity contribution in [1.82, 2.24) is 24.6 Å². The van der Waals surface area contributed by atoms with Crippen LogP contribution < -0.4 is 0 Å². The number of halogens is 1. The topological polar surface area (TPSA) is 97.4 Å². The summed E-state index contributed by atoms with van der Waals surface area (Å²) in [7, 11) is 5.53. The highest BCUT2D eigenvalue weighted by atomic mass is 32.2. The second-order valence-corrected chi connectivity index (χ2v) is 8.43. The van der Waals surface area contributed by atoms with Gasteiger partial charge in [-0.1, -0.05) is 12.1 Å². The molecule has 3 rings (SSSR count). The van der Waals surface area contributed by atoms with Crippen molar-refractivity contribution in [3.63, 3.8) is 0 Å². The number of nitro benzene ring substituents is 1. The molecule has 0 N–H and O–H groups in total. The minimum atomic E-state index is -0.514. The third-order valence-electron chi connectivity index (χ3n) is 4.66. The molecule has 0 atom stereocenters. The average molecular weight is 459 g/mol. The molecule has 0 aliphatic rings. The first-order chi connectivity index (χ1) is 15.2. The van der Waals surface area contributed by atoms with Crippen molar-refractivity contribution < 1.29 is 14.1 Å². The molecule has 2 aromatic carbocycles. The molecule has 0 saturated heterocycles. The summed E-state index contributed by atoms with van der Waals surface area (Å²) in [5, 5.41) is 19.9. The third kappa shape index (κ3) is 5.89. The number of aromatic nitrogens is 3. The van der Waals surface area contributed by atoms with Gasteiger partial charge in [0.1, 0.15) is 12.1 Å². The summed E-state index contributed by atoms with van der Waals surface area (Å²) in [6.07, 6.45) is 1.50. The molecule has 0 saturated carbocycles. The number of rotatable bonds is 9. The molecule has 0 aliphatic heterocycles. The van der Waals surface area contributed by atoms with E-state index in [0.29, 0.717) is 23.1 Å². The molecule has 1 aromatic heterocycles. The van der Waals surface area contributed by atoms with Gasteiger partial charge >= 0.3 is 0 Å². The minimum absolute atomic E-state index is 0.182. The van der Waals surface area contributed by atoms with E-state index in [9.17, 15) is 19.3 Å². The van der Waals surface area contributed by atoms with E-state index in [4.69, 9.17) is 0 Å². The van der Waals surface area contributed by atoms with Crippen LogP contribution in [0.2, 0.25) is 0 Å². The van der Waals surface area contributed by atoms with Gasteiger partial charge in [0.25, 0.3) is 11.6 Å². The summed E-state index contributed by atoms with van der Waals surface area (Å²) >= 11 is 1.10. The predicted molar refractivity (Wildman–Crippen MR) is 118 cm³/mol. The van der Waals surface area contributed by atoms with E-state index in [1.165, 1.54) is 24.5 Å². The molecular formula is C21H23FN6O3S. The van der Waals surface area contributed by atoms with Crippen molar-refractivity contribution in [3.05, 3.63) is 75.9 Å². The molecule has 0 fully saturated rings. The van der Waals surface area contributed by atoms with Crippen LogP contribution in [0.3, 0.4) is 0 Å². The predicted octanol–water partition coefficient (Wildman–Crippen LogP) is 3.22. The Morgan fingerprint density at radius 1 is 1.19 bits per heavy atom. The molecule has 1 amide bonds. The Morgan fingerprint density at radius 2 is 1.91 bits per heavy atom. The highest BCUT2D eigenvalue weighted by Gasteiger charge is 2.23. The Balaban J connectivity index is 1.88. The highest BCUT2D eigenvalue weighted by molar-refractivity contribution is 7.99. The van der Waals surface area contributed by atoms with Gasteiger partial charge in [-0.3, -0.25) is 14.9 Å². The van der Waals surface area contributed by atoms with Gasteiger partial charge in [0.2, 0.25) is 0 Å². The number of aryl methyl sites for hydroxylation is 1. The molecule has 0 unspecified atom stereocenters. The summed E-state index contributed by atoms with van der Waals surface area (Å²) in [6.45, 7) is 1.28. The summed E-state index contributed by atoms with van der Waals surface area (Å²) in [5.41, 5.74) is 0.792. The van der Waals surface area contributed by atoms with Gasteiger partial charge in [-0.15, -0.1) is 10.2 Å². The fraction of sp³-hybridized carbons (Fsp3) is 0.286. The van der Waals surface area contributed by atoms with Crippen LogP contribution in [0.1, 0.15) is 15.9 Å². The minimum Gasteiger partial charge on any atom is -0.333 e. The first kappa shape index (κ1) is 23.4. The van der Waals surface area contributed by atoms with Crippen LogP contribution in [0.15, 0.2) is 58.8 Å². The van der Waals surface area contributed by atoms with Gasteiger partial charge in [-0.2, -0.15) is 0 Å². The van der Waals surface area contributed by atoms with Crippen LogP contribution in [0.4, 0.5) is 10.1 Å². The van der Waals surface area contributed by atoms with Crippen LogP contribution in [0.5, 0.6) is 0 Å². The van der Waals surface area contributed by atoms with Gasteiger partial charge in [-0.05, 0) is 55.7 Å².